The number of hydrogen-bond donors (Lipinski definition) is 1. The molecule has 94 valence electrons. The Balaban J connectivity index is 2.42. The van der Waals surface area contributed by atoms with Crippen molar-refractivity contribution in [1.82, 2.24) is 0 Å². The molecule has 0 heterocycles. The fraction of sp³-hybridized carbons (Fsp3) is 0.0769. The van der Waals surface area contributed by atoms with Gasteiger partial charge in [0.05, 0.1) is 4.47 Å². The monoisotopic (exact) mass is 376 g/mol. The van der Waals surface area contributed by atoms with Crippen molar-refractivity contribution >= 4 is 31.9 Å². The molecule has 2 rings (SSSR count). The Kier molecular flexibility index (Phi) is 4.14. The van der Waals surface area contributed by atoms with Gasteiger partial charge in [-0.2, -0.15) is 0 Å². The summed E-state index contributed by atoms with van der Waals surface area (Å²) in [5, 5.41) is 10.0. The molecule has 0 saturated carbocycles. The van der Waals surface area contributed by atoms with Gasteiger partial charge in [0.1, 0.15) is 17.7 Å². The lowest BCUT2D eigenvalue weighted by Gasteiger charge is -2.13. The molecule has 0 radical (unpaired) electrons. The SMILES string of the molecule is OC(c1ccc(Br)cc1)c1cc(F)c(Br)cc1F. The average molecular weight is 378 g/mol. The summed E-state index contributed by atoms with van der Waals surface area (Å²) in [5.41, 5.74) is 0.414. The van der Waals surface area contributed by atoms with Crippen LogP contribution in [0.4, 0.5) is 8.78 Å². The molecular formula is C13H8Br2F2O. The van der Waals surface area contributed by atoms with E-state index < -0.39 is 17.7 Å². The Hall–Kier alpha value is -0.780. The normalized spacial score (nSPS) is 12.5. The molecule has 5 heteroatoms. The van der Waals surface area contributed by atoms with E-state index in [0.29, 0.717) is 5.56 Å². The van der Waals surface area contributed by atoms with Gasteiger partial charge in [-0.1, -0.05) is 28.1 Å². The van der Waals surface area contributed by atoms with Crippen molar-refractivity contribution in [3.63, 3.8) is 0 Å². The second-order valence-electron chi connectivity index (χ2n) is 3.74. The number of aliphatic hydroxyl groups excluding tert-OH is 1. The summed E-state index contributed by atoms with van der Waals surface area (Å²) in [4.78, 5) is 0. The van der Waals surface area contributed by atoms with Crippen LogP contribution < -0.4 is 0 Å². The second-order valence-corrected chi connectivity index (χ2v) is 5.51. The van der Waals surface area contributed by atoms with E-state index in [0.717, 1.165) is 16.6 Å². The highest BCUT2D eigenvalue weighted by atomic mass is 79.9. The van der Waals surface area contributed by atoms with Gasteiger partial charge in [-0.05, 0) is 45.8 Å². The maximum absolute atomic E-state index is 13.7. The van der Waals surface area contributed by atoms with Crippen LogP contribution in [0, 0.1) is 11.6 Å². The van der Waals surface area contributed by atoms with Gasteiger partial charge in [-0.15, -0.1) is 0 Å². The molecule has 0 saturated heterocycles. The molecule has 2 aromatic rings. The minimum atomic E-state index is -1.19. The van der Waals surface area contributed by atoms with Crippen molar-refractivity contribution in [3.05, 3.63) is 68.1 Å². The van der Waals surface area contributed by atoms with Crippen molar-refractivity contribution in [2.45, 2.75) is 6.10 Å². The van der Waals surface area contributed by atoms with Crippen molar-refractivity contribution < 1.29 is 13.9 Å². The number of rotatable bonds is 2. The summed E-state index contributed by atoms with van der Waals surface area (Å²) in [6.45, 7) is 0. The highest BCUT2D eigenvalue weighted by Crippen LogP contribution is 2.28. The molecule has 0 bridgehead atoms. The average Bonchev–Trinajstić information content (AvgIpc) is 2.34. The van der Waals surface area contributed by atoms with E-state index in [-0.39, 0.29) is 10.0 Å². The molecule has 1 N–H and O–H groups in total. The third kappa shape index (κ3) is 2.79. The zero-order chi connectivity index (χ0) is 13.3. The van der Waals surface area contributed by atoms with Crippen LogP contribution in [-0.4, -0.2) is 5.11 Å². The van der Waals surface area contributed by atoms with E-state index in [4.69, 9.17) is 0 Å². The fourth-order valence-electron chi connectivity index (χ4n) is 1.57. The van der Waals surface area contributed by atoms with Gasteiger partial charge in [0.15, 0.2) is 0 Å². The molecule has 0 aliphatic heterocycles. The largest absolute Gasteiger partial charge is 0.384 e. The molecule has 18 heavy (non-hydrogen) atoms. The first-order valence-corrected chi connectivity index (χ1v) is 6.65. The van der Waals surface area contributed by atoms with Gasteiger partial charge in [0.2, 0.25) is 0 Å². The lowest BCUT2D eigenvalue weighted by Crippen LogP contribution is -2.03. The molecule has 0 aliphatic rings. The quantitative estimate of drug-likeness (QED) is 0.760. The maximum Gasteiger partial charge on any atom is 0.137 e. The summed E-state index contributed by atoms with van der Waals surface area (Å²) in [7, 11) is 0. The van der Waals surface area contributed by atoms with Gasteiger partial charge in [0.25, 0.3) is 0 Å². The summed E-state index contributed by atoms with van der Waals surface area (Å²) in [5.74, 6) is -1.26. The standard InChI is InChI=1S/C13H8Br2F2O/c14-8-3-1-7(2-4-8)13(18)9-5-12(17)10(15)6-11(9)16/h1-6,13,18H. The molecular weight excluding hydrogens is 370 g/mol. The smallest absolute Gasteiger partial charge is 0.137 e. The summed E-state index contributed by atoms with van der Waals surface area (Å²) in [6.07, 6.45) is -1.19. The highest BCUT2D eigenvalue weighted by Gasteiger charge is 2.17. The van der Waals surface area contributed by atoms with Gasteiger partial charge >= 0.3 is 0 Å². The molecule has 0 aromatic heterocycles. The van der Waals surface area contributed by atoms with Crippen LogP contribution in [0.2, 0.25) is 0 Å². The number of aliphatic hydroxyl groups is 1. The molecule has 0 aliphatic carbocycles. The predicted molar refractivity (Wildman–Crippen MR) is 72.3 cm³/mol. The Morgan fingerprint density at radius 2 is 1.56 bits per heavy atom. The Bertz CT molecular complexity index is 570. The van der Waals surface area contributed by atoms with Crippen molar-refractivity contribution in [2.24, 2.45) is 0 Å². The van der Waals surface area contributed by atoms with E-state index in [1.165, 1.54) is 0 Å². The Morgan fingerprint density at radius 1 is 0.944 bits per heavy atom. The zero-order valence-electron chi connectivity index (χ0n) is 9.00. The summed E-state index contributed by atoms with van der Waals surface area (Å²) in [6, 6.07) is 8.75. The molecule has 0 spiro atoms. The van der Waals surface area contributed by atoms with Crippen molar-refractivity contribution in [1.29, 1.82) is 0 Å². The van der Waals surface area contributed by atoms with E-state index in [9.17, 15) is 13.9 Å². The second kappa shape index (κ2) is 5.47. The number of halogens is 4. The van der Waals surface area contributed by atoms with Gasteiger partial charge in [-0.3, -0.25) is 0 Å². The van der Waals surface area contributed by atoms with E-state index in [1.54, 1.807) is 24.3 Å². The van der Waals surface area contributed by atoms with Crippen LogP contribution in [0.25, 0.3) is 0 Å². The molecule has 1 atom stereocenters. The van der Waals surface area contributed by atoms with Gasteiger partial charge < -0.3 is 5.11 Å². The third-order valence-corrected chi connectivity index (χ3v) is 3.66. The minimum Gasteiger partial charge on any atom is -0.384 e. The van der Waals surface area contributed by atoms with Crippen molar-refractivity contribution in [2.75, 3.05) is 0 Å². The zero-order valence-corrected chi connectivity index (χ0v) is 12.2. The third-order valence-electron chi connectivity index (χ3n) is 2.52. The van der Waals surface area contributed by atoms with Crippen LogP contribution in [0.5, 0.6) is 0 Å². The Labute approximate surface area is 120 Å². The molecule has 1 unspecified atom stereocenters. The molecule has 2 aromatic carbocycles. The van der Waals surface area contributed by atoms with Gasteiger partial charge in [0, 0.05) is 10.0 Å². The number of hydrogen-bond acceptors (Lipinski definition) is 1. The van der Waals surface area contributed by atoms with E-state index in [2.05, 4.69) is 31.9 Å². The van der Waals surface area contributed by atoms with Crippen molar-refractivity contribution in [3.8, 4) is 0 Å². The summed E-state index contributed by atoms with van der Waals surface area (Å²) < 4.78 is 27.9. The Morgan fingerprint density at radius 3 is 2.17 bits per heavy atom. The van der Waals surface area contributed by atoms with Crippen LogP contribution in [0.15, 0.2) is 45.3 Å². The topological polar surface area (TPSA) is 20.2 Å². The molecule has 0 amide bonds. The first-order valence-electron chi connectivity index (χ1n) is 5.07. The van der Waals surface area contributed by atoms with Crippen LogP contribution in [-0.2, 0) is 0 Å². The fourth-order valence-corrected chi connectivity index (χ4v) is 2.15. The first-order chi connectivity index (χ1) is 8.49. The van der Waals surface area contributed by atoms with Gasteiger partial charge in [-0.25, -0.2) is 8.78 Å². The highest BCUT2D eigenvalue weighted by molar-refractivity contribution is 9.10. The minimum absolute atomic E-state index is 0.0340. The molecule has 1 nitrogen and oxygen atoms in total. The predicted octanol–water partition coefficient (Wildman–Crippen LogP) is 4.57. The van der Waals surface area contributed by atoms with E-state index in [1.807, 2.05) is 0 Å². The lowest BCUT2D eigenvalue weighted by atomic mass is 10.0. The first kappa shape index (κ1) is 13.6. The van der Waals surface area contributed by atoms with Crippen LogP contribution in [0.3, 0.4) is 0 Å². The van der Waals surface area contributed by atoms with Crippen LogP contribution >= 0.6 is 31.9 Å². The number of benzene rings is 2. The maximum atomic E-state index is 13.7. The molecule has 0 fully saturated rings. The van der Waals surface area contributed by atoms with E-state index >= 15 is 0 Å². The lowest BCUT2D eigenvalue weighted by molar-refractivity contribution is 0.214. The van der Waals surface area contributed by atoms with Crippen LogP contribution in [0.1, 0.15) is 17.2 Å². The summed E-state index contributed by atoms with van der Waals surface area (Å²) >= 11 is 6.16.